The second-order valence-electron chi connectivity index (χ2n) is 5.76. The van der Waals surface area contributed by atoms with Gasteiger partial charge in [-0.2, -0.15) is 0 Å². The van der Waals surface area contributed by atoms with Gasteiger partial charge in [0.2, 0.25) is 0 Å². The van der Waals surface area contributed by atoms with Crippen molar-refractivity contribution < 1.29 is 0 Å². The number of thiocarbonyl (C=S) groups is 1. The Kier molecular flexibility index (Phi) is 4.40. The van der Waals surface area contributed by atoms with Gasteiger partial charge in [-0.15, -0.1) is 0 Å². The first-order valence-electron chi connectivity index (χ1n) is 7.01. The van der Waals surface area contributed by atoms with E-state index >= 15 is 0 Å². The molecule has 1 aromatic heterocycles. The van der Waals surface area contributed by atoms with Crippen LogP contribution in [0.4, 0.5) is 5.82 Å². The van der Waals surface area contributed by atoms with E-state index < -0.39 is 0 Å². The standard InChI is InChI=1S/C15H23N3S/c1-10(2)12-6-8-18(9-7-12)15-13(14(16)19)5-4-11(3)17-15/h4-5,10,12H,6-9H2,1-3H3,(H2,16,19). The van der Waals surface area contributed by atoms with Crippen LogP contribution in [0.3, 0.4) is 0 Å². The summed E-state index contributed by atoms with van der Waals surface area (Å²) in [5.41, 5.74) is 7.73. The molecule has 1 aromatic rings. The predicted octanol–water partition coefficient (Wildman–Crippen LogP) is 2.90. The molecule has 0 atom stereocenters. The van der Waals surface area contributed by atoms with E-state index in [0.717, 1.165) is 42.0 Å². The Morgan fingerprint density at radius 3 is 2.53 bits per heavy atom. The Bertz CT molecular complexity index is 462. The summed E-state index contributed by atoms with van der Waals surface area (Å²) >= 11 is 5.14. The van der Waals surface area contributed by atoms with E-state index in [1.165, 1.54) is 12.8 Å². The number of nitrogens with two attached hydrogens (primary N) is 1. The van der Waals surface area contributed by atoms with Crippen molar-refractivity contribution in [3.63, 3.8) is 0 Å². The first kappa shape index (κ1) is 14.3. The molecule has 1 aliphatic heterocycles. The van der Waals surface area contributed by atoms with Crippen molar-refractivity contribution >= 4 is 23.0 Å². The highest BCUT2D eigenvalue weighted by Crippen LogP contribution is 2.28. The zero-order valence-corrected chi connectivity index (χ0v) is 12.8. The summed E-state index contributed by atoms with van der Waals surface area (Å²) in [5.74, 6) is 2.56. The third kappa shape index (κ3) is 3.24. The molecule has 104 valence electrons. The van der Waals surface area contributed by atoms with Gasteiger partial charge in [0, 0.05) is 18.8 Å². The van der Waals surface area contributed by atoms with Gasteiger partial charge in [-0.25, -0.2) is 4.98 Å². The van der Waals surface area contributed by atoms with Crippen LogP contribution in [0.25, 0.3) is 0 Å². The number of nitrogens with zero attached hydrogens (tertiary/aromatic N) is 2. The average Bonchev–Trinajstić information content (AvgIpc) is 2.38. The zero-order valence-electron chi connectivity index (χ0n) is 12.0. The molecule has 2 rings (SSSR count). The molecule has 0 aromatic carbocycles. The van der Waals surface area contributed by atoms with Crippen molar-refractivity contribution in [1.82, 2.24) is 4.98 Å². The van der Waals surface area contributed by atoms with E-state index in [9.17, 15) is 0 Å². The third-order valence-electron chi connectivity index (χ3n) is 4.06. The summed E-state index contributed by atoms with van der Waals surface area (Å²) in [5, 5.41) is 0. The van der Waals surface area contributed by atoms with Crippen molar-refractivity contribution in [1.29, 1.82) is 0 Å². The molecule has 0 saturated carbocycles. The Hall–Kier alpha value is -1.16. The molecular formula is C15H23N3S. The minimum atomic E-state index is 0.438. The lowest BCUT2D eigenvalue weighted by molar-refractivity contribution is 0.310. The number of rotatable bonds is 3. The van der Waals surface area contributed by atoms with Crippen LogP contribution >= 0.6 is 12.2 Å². The van der Waals surface area contributed by atoms with Gasteiger partial charge >= 0.3 is 0 Å². The van der Waals surface area contributed by atoms with Gasteiger partial charge in [0.25, 0.3) is 0 Å². The molecule has 3 nitrogen and oxygen atoms in total. The lowest BCUT2D eigenvalue weighted by Gasteiger charge is -2.35. The van der Waals surface area contributed by atoms with E-state index in [2.05, 4.69) is 23.7 Å². The lowest BCUT2D eigenvalue weighted by atomic mass is 9.86. The summed E-state index contributed by atoms with van der Waals surface area (Å²) in [6, 6.07) is 3.97. The molecule has 1 saturated heterocycles. The second-order valence-corrected chi connectivity index (χ2v) is 6.20. The number of aryl methyl sites for hydroxylation is 1. The summed E-state index contributed by atoms with van der Waals surface area (Å²) in [4.78, 5) is 7.42. The number of anilines is 1. The molecule has 0 aliphatic carbocycles. The Labute approximate surface area is 121 Å². The van der Waals surface area contributed by atoms with Crippen LogP contribution in [0.5, 0.6) is 0 Å². The number of hydrogen-bond donors (Lipinski definition) is 1. The van der Waals surface area contributed by atoms with Crippen molar-refractivity contribution in [3.8, 4) is 0 Å². The third-order valence-corrected chi connectivity index (χ3v) is 4.28. The topological polar surface area (TPSA) is 42.1 Å². The van der Waals surface area contributed by atoms with Gasteiger partial charge < -0.3 is 10.6 Å². The minimum absolute atomic E-state index is 0.438. The van der Waals surface area contributed by atoms with Crippen LogP contribution in [0, 0.1) is 18.8 Å². The Morgan fingerprint density at radius 1 is 1.37 bits per heavy atom. The van der Waals surface area contributed by atoms with E-state index in [-0.39, 0.29) is 0 Å². The van der Waals surface area contributed by atoms with Crippen LogP contribution < -0.4 is 10.6 Å². The minimum Gasteiger partial charge on any atom is -0.389 e. The quantitative estimate of drug-likeness (QED) is 0.863. The van der Waals surface area contributed by atoms with Gasteiger partial charge in [0.05, 0.1) is 5.56 Å². The first-order chi connectivity index (χ1) is 8.99. The summed E-state index contributed by atoms with van der Waals surface area (Å²) in [6.07, 6.45) is 2.45. The van der Waals surface area contributed by atoms with E-state index in [0.29, 0.717) is 4.99 Å². The molecule has 1 aliphatic rings. The SMILES string of the molecule is Cc1ccc(C(N)=S)c(N2CCC(C(C)C)CC2)n1. The van der Waals surface area contributed by atoms with Gasteiger partial charge in [0.15, 0.2) is 0 Å². The molecule has 0 radical (unpaired) electrons. The molecule has 0 spiro atoms. The highest BCUT2D eigenvalue weighted by Gasteiger charge is 2.24. The fourth-order valence-corrected chi connectivity index (χ4v) is 2.91. The van der Waals surface area contributed by atoms with Crippen LogP contribution in [-0.2, 0) is 0 Å². The molecule has 19 heavy (non-hydrogen) atoms. The van der Waals surface area contributed by atoms with Crippen molar-refractivity contribution in [2.24, 2.45) is 17.6 Å². The Balaban J connectivity index is 2.19. The Morgan fingerprint density at radius 2 is 2.00 bits per heavy atom. The molecule has 0 unspecified atom stereocenters. The number of aromatic nitrogens is 1. The van der Waals surface area contributed by atoms with Gasteiger partial charge in [0.1, 0.15) is 10.8 Å². The van der Waals surface area contributed by atoms with Gasteiger partial charge in [-0.3, -0.25) is 0 Å². The fraction of sp³-hybridized carbons (Fsp3) is 0.600. The molecule has 2 heterocycles. The van der Waals surface area contributed by atoms with Crippen LogP contribution in [0.15, 0.2) is 12.1 Å². The van der Waals surface area contributed by atoms with Crippen molar-refractivity contribution in [3.05, 3.63) is 23.4 Å². The summed E-state index contributed by atoms with van der Waals surface area (Å²) in [6.45, 7) is 8.73. The van der Waals surface area contributed by atoms with E-state index in [1.54, 1.807) is 0 Å². The summed E-state index contributed by atoms with van der Waals surface area (Å²) < 4.78 is 0. The number of pyridine rings is 1. The molecule has 0 bridgehead atoms. The first-order valence-corrected chi connectivity index (χ1v) is 7.42. The van der Waals surface area contributed by atoms with E-state index in [1.807, 2.05) is 19.1 Å². The highest BCUT2D eigenvalue weighted by atomic mass is 32.1. The average molecular weight is 277 g/mol. The molecule has 2 N–H and O–H groups in total. The molecule has 4 heteroatoms. The lowest BCUT2D eigenvalue weighted by Crippen LogP contribution is -2.37. The molecular weight excluding hydrogens is 254 g/mol. The molecule has 1 fully saturated rings. The normalized spacial score (nSPS) is 16.9. The van der Waals surface area contributed by atoms with Crippen LogP contribution in [-0.4, -0.2) is 23.1 Å². The maximum Gasteiger partial charge on any atom is 0.139 e. The van der Waals surface area contributed by atoms with Crippen LogP contribution in [0.2, 0.25) is 0 Å². The maximum absolute atomic E-state index is 5.81. The predicted molar refractivity (Wildman–Crippen MR) is 84.6 cm³/mol. The van der Waals surface area contributed by atoms with Crippen molar-refractivity contribution in [2.45, 2.75) is 33.6 Å². The van der Waals surface area contributed by atoms with Crippen molar-refractivity contribution in [2.75, 3.05) is 18.0 Å². The van der Waals surface area contributed by atoms with Gasteiger partial charge in [-0.1, -0.05) is 26.1 Å². The summed E-state index contributed by atoms with van der Waals surface area (Å²) in [7, 11) is 0. The molecule has 0 amide bonds. The number of hydrogen-bond acceptors (Lipinski definition) is 3. The zero-order chi connectivity index (χ0) is 14.0. The second kappa shape index (κ2) is 5.87. The van der Waals surface area contributed by atoms with Gasteiger partial charge in [-0.05, 0) is 43.7 Å². The van der Waals surface area contributed by atoms with E-state index in [4.69, 9.17) is 18.0 Å². The smallest absolute Gasteiger partial charge is 0.139 e. The fourth-order valence-electron chi connectivity index (χ4n) is 2.75. The van der Waals surface area contributed by atoms with Crippen LogP contribution in [0.1, 0.15) is 37.9 Å². The largest absolute Gasteiger partial charge is 0.389 e. The maximum atomic E-state index is 5.81. The number of piperidine rings is 1. The highest BCUT2D eigenvalue weighted by molar-refractivity contribution is 7.80. The monoisotopic (exact) mass is 277 g/mol.